The van der Waals surface area contributed by atoms with Crippen molar-refractivity contribution in [3.8, 4) is 16.5 Å². The quantitative estimate of drug-likeness (QED) is 0.814. The van der Waals surface area contributed by atoms with Crippen LogP contribution in [0.5, 0.6) is 5.88 Å². The van der Waals surface area contributed by atoms with Gasteiger partial charge in [0, 0.05) is 12.6 Å². The second-order valence-corrected chi connectivity index (χ2v) is 4.85. The third-order valence-electron chi connectivity index (χ3n) is 2.62. The molecule has 2 rings (SSSR count). The van der Waals surface area contributed by atoms with Crippen molar-refractivity contribution in [2.24, 2.45) is 0 Å². The van der Waals surface area contributed by atoms with Crippen molar-refractivity contribution in [1.82, 2.24) is 10.0 Å². The van der Waals surface area contributed by atoms with Crippen molar-refractivity contribution in [2.75, 3.05) is 21.3 Å². The summed E-state index contributed by atoms with van der Waals surface area (Å²) in [6.45, 7) is 0. The number of hydroxylamine groups is 2. The minimum Gasteiger partial charge on any atom is -0.480 e. The van der Waals surface area contributed by atoms with Gasteiger partial charge in [0.2, 0.25) is 5.88 Å². The van der Waals surface area contributed by atoms with Crippen molar-refractivity contribution in [1.29, 1.82) is 0 Å². The molecule has 0 N–H and O–H groups in total. The topological polar surface area (TPSA) is 51.7 Å². The summed E-state index contributed by atoms with van der Waals surface area (Å²) in [4.78, 5) is 21.4. The summed E-state index contributed by atoms with van der Waals surface area (Å²) >= 11 is 1.12. The van der Waals surface area contributed by atoms with Gasteiger partial charge in [-0.2, -0.15) is 0 Å². The van der Waals surface area contributed by atoms with Gasteiger partial charge in [-0.15, -0.1) is 11.3 Å². The van der Waals surface area contributed by atoms with E-state index in [0.29, 0.717) is 15.4 Å². The molecule has 1 aromatic carbocycles. The molecule has 0 radical (unpaired) electrons. The standard InChI is InChI=1S/C13H13FN2O3S/c1-16(19-3)13(17)10-11(18-2)15-12(20-10)8-5-4-6-9(14)7-8/h4-7H,1-3H3. The van der Waals surface area contributed by atoms with Crippen molar-refractivity contribution in [2.45, 2.75) is 0 Å². The first-order chi connectivity index (χ1) is 9.56. The maximum atomic E-state index is 13.2. The Labute approximate surface area is 119 Å². The molecule has 7 heteroatoms. The Kier molecular flexibility index (Phi) is 4.31. The Bertz CT molecular complexity index is 630. The summed E-state index contributed by atoms with van der Waals surface area (Å²) in [5.41, 5.74) is 0.590. The monoisotopic (exact) mass is 296 g/mol. The molecule has 106 valence electrons. The number of rotatable bonds is 4. The number of aromatic nitrogens is 1. The van der Waals surface area contributed by atoms with E-state index in [1.807, 2.05) is 0 Å². The van der Waals surface area contributed by atoms with Crippen molar-refractivity contribution >= 4 is 17.2 Å². The van der Waals surface area contributed by atoms with Crippen molar-refractivity contribution in [3.05, 3.63) is 35.0 Å². The second kappa shape index (κ2) is 5.98. The van der Waals surface area contributed by atoms with E-state index < -0.39 is 0 Å². The molecule has 0 aliphatic carbocycles. The molecule has 1 aromatic heterocycles. The summed E-state index contributed by atoms with van der Waals surface area (Å²) in [5.74, 6) is -0.536. The molecule has 1 heterocycles. The lowest BCUT2D eigenvalue weighted by atomic mass is 10.2. The van der Waals surface area contributed by atoms with Gasteiger partial charge in [0.1, 0.15) is 10.8 Å². The van der Waals surface area contributed by atoms with Gasteiger partial charge >= 0.3 is 0 Å². The maximum Gasteiger partial charge on any atom is 0.292 e. The molecule has 0 aliphatic heterocycles. The molecular formula is C13H13FN2O3S. The average Bonchev–Trinajstić information content (AvgIpc) is 2.89. The van der Waals surface area contributed by atoms with Gasteiger partial charge < -0.3 is 4.74 Å². The number of hydrogen-bond acceptors (Lipinski definition) is 5. The molecule has 0 saturated carbocycles. The summed E-state index contributed by atoms with van der Waals surface area (Å²) < 4.78 is 18.3. The largest absolute Gasteiger partial charge is 0.480 e. The summed E-state index contributed by atoms with van der Waals surface area (Å²) in [5, 5.41) is 1.58. The third kappa shape index (κ3) is 2.78. The van der Waals surface area contributed by atoms with Gasteiger partial charge in [-0.05, 0) is 12.1 Å². The van der Waals surface area contributed by atoms with E-state index in [1.165, 1.54) is 33.4 Å². The zero-order valence-corrected chi connectivity index (χ0v) is 12.0. The highest BCUT2D eigenvalue weighted by Crippen LogP contribution is 2.33. The van der Waals surface area contributed by atoms with E-state index in [9.17, 15) is 9.18 Å². The molecule has 0 bridgehead atoms. The minimum absolute atomic E-state index is 0.197. The number of hydrogen-bond donors (Lipinski definition) is 0. The fourth-order valence-corrected chi connectivity index (χ4v) is 2.55. The van der Waals surface area contributed by atoms with Crippen LogP contribution in [0.3, 0.4) is 0 Å². The fourth-order valence-electron chi connectivity index (χ4n) is 1.55. The Morgan fingerprint density at radius 2 is 2.15 bits per heavy atom. The Balaban J connectivity index is 2.43. The molecule has 0 unspecified atom stereocenters. The maximum absolute atomic E-state index is 13.2. The Morgan fingerprint density at radius 1 is 1.40 bits per heavy atom. The molecular weight excluding hydrogens is 283 g/mol. The van der Waals surface area contributed by atoms with E-state index >= 15 is 0 Å². The van der Waals surface area contributed by atoms with E-state index in [-0.39, 0.29) is 17.6 Å². The molecule has 20 heavy (non-hydrogen) atoms. The van der Waals surface area contributed by atoms with Crippen LogP contribution >= 0.6 is 11.3 Å². The first-order valence-electron chi connectivity index (χ1n) is 5.69. The van der Waals surface area contributed by atoms with Crippen LogP contribution in [0.2, 0.25) is 0 Å². The molecule has 1 amide bonds. The Hall–Kier alpha value is -1.99. The van der Waals surface area contributed by atoms with Gasteiger partial charge in [-0.25, -0.2) is 14.4 Å². The lowest BCUT2D eigenvalue weighted by Crippen LogP contribution is -2.24. The number of benzene rings is 1. The highest BCUT2D eigenvalue weighted by atomic mass is 32.1. The molecule has 2 aromatic rings. The number of carbonyl (C=O) groups is 1. The fraction of sp³-hybridized carbons (Fsp3) is 0.231. The van der Waals surface area contributed by atoms with Crippen LogP contribution in [0.25, 0.3) is 10.6 Å². The van der Waals surface area contributed by atoms with Crippen LogP contribution in [-0.4, -0.2) is 37.2 Å². The van der Waals surface area contributed by atoms with Crippen LogP contribution in [0.15, 0.2) is 24.3 Å². The van der Waals surface area contributed by atoms with Gasteiger partial charge in [-0.1, -0.05) is 12.1 Å². The van der Waals surface area contributed by atoms with Crippen LogP contribution in [-0.2, 0) is 4.84 Å². The van der Waals surface area contributed by atoms with Gasteiger partial charge in [0.25, 0.3) is 5.91 Å². The van der Waals surface area contributed by atoms with Crippen LogP contribution in [0, 0.1) is 5.82 Å². The van der Waals surface area contributed by atoms with Crippen molar-refractivity contribution < 1.29 is 18.8 Å². The molecule has 0 saturated heterocycles. The lowest BCUT2D eigenvalue weighted by Gasteiger charge is -2.12. The number of carbonyl (C=O) groups excluding carboxylic acids is 1. The Morgan fingerprint density at radius 3 is 2.75 bits per heavy atom. The van der Waals surface area contributed by atoms with E-state index in [1.54, 1.807) is 12.1 Å². The van der Waals surface area contributed by atoms with Crippen LogP contribution in [0.1, 0.15) is 9.67 Å². The lowest BCUT2D eigenvalue weighted by molar-refractivity contribution is -0.0755. The van der Waals surface area contributed by atoms with Gasteiger partial charge in [0.05, 0.1) is 14.2 Å². The van der Waals surface area contributed by atoms with Crippen molar-refractivity contribution in [3.63, 3.8) is 0 Å². The van der Waals surface area contributed by atoms with Gasteiger partial charge in [0.15, 0.2) is 4.88 Å². The van der Waals surface area contributed by atoms with E-state index in [4.69, 9.17) is 9.57 Å². The normalized spacial score (nSPS) is 10.4. The molecule has 0 fully saturated rings. The minimum atomic E-state index is -0.371. The number of halogens is 1. The third-order valence-corrected chi connectivity index (χ3v) is 3.69. The van der Waals surface area contributed by atoms with E-state index in [2.05, 4.69) is 4.98 Å². The molecule has 0 aliphatic rings. The predicted molar refractivity (Wildman–Crippen MR) is 73.2 cm³/mol. The zero-order valence-electron chi connectivity index (χ0n) is 11.2. The number of ether oxygens (including phenoxy) is 1. The molecule has 5 nitrogen and oxygen atoms in total. The first-order valence-corrected chi connectivity index (χ1v) is 6.51. The van der Waals surface area contributed by atoms with Gasteiger partial charge in [-0.3, -0.25) is 9.63 Å². The molecule has 0 spiro atoms. The van der Waals surface area contributed by atoms with E-state index in [0.717, 1.165) is 16.4 Å². The number of nitrogens with zero attached hydrogens (tertiary/aromatic N) is 2. The SMILES string of the molecule is COc1nc(-c2cccc(F)c2)sc1C(=O)N(C)OC. The highest BCUT2D eigenvalue weighted by Gasteiger charge is 2.23. The zero-order chi connectivity index (χ0) is 14.7. The first kappa shape index (κ1) is 14.4. The predicted octanol–water partition coefficient (Wildman–Crippen LogP) is 2.59. The summed E-state index contributed by atoms with van der Waals surface area (Å²) in [7, 11) is 4.30. The van der Waals surface area contributed by atoms with Crippen LogP contribution in [0.4, 0.5) is 4.39 Å². The number of methoxy groups -OCH3 is 1. The number of amides is 1. The second-order valence-electron chi connectivity index (χ2n) is 3.85. The average molecular weight is 296 g/mol. The molecule has 0 atom stereocenters. The number of thiazole rings is 1. The summed E-state index contributed by atoms with van der Waals surface area (Å²) in [6, 6.07) is 6.00. The summed E-state index contributed by atoms with van der Waals surface area (Å²) in [6.07, 6.45) is 0. The van der Waals surface area contributed by atoms with Crippen LogP contribution < -0.4 is 4.74 Å². The smallest absolute Gasteiger partial charge is 0.292 e. The highest BCUT2D eigenvalue weighted by molar-refractivity contribution is 7.17.